The average molecular weight is 360 g/mol. The van der Waals surface area contributed by atoms with Gasteiger partial charge in [-0.25, -0.2) is 8.42 Å². The maximum absolute atomic E-state index is 12.7. The lowest BCUT2D eigenvalue weighted by Gasteiger charge is -2.19. The molecular weight excluding hydrogens is 347 g/mol. The van der Waals surface area contributed by atoms with Crippen molar-refractivity contribution in [2.75, 3.05) is 0 Å². The minimum atomic E-state index is -4.75. The van der Waals surface area contributed by atoms with Crippen LogP contribution >= 0.6 is 11.6 Å². The summed E-state index contributed by atoms with van der Waals surface area (Å²) in [5, 5.41) is 8.53. The van der Waals surface area contributed by atoms with Gasteiger partial charge in [-0.05, 0) is 24.1 Å². The summed E-state index contributed by atoms with van der Waals surface area (Å²) in [6.07, 6.45) is -4.75. The van der Waals surface area contributed by atoms with Gasteiger partial charge in [-0.1, -0.05) is 25.4 Å². The summed E-state index contributed by atoms with van der Waals surface area (Å²) >= 11 is 5.64. The zero-order chi connectivity index (χ0) is 17.3. The third-order valence-corrected chi connectivity index (χ3v) is 4.69. The van der Waals surface area contributed by atoms with Gasteiger partial charge < -0.3 is 5.11 Å². The molecule has 0 aromatic heterocycles. The number of carbonyl (C=O) groups is 1. The molecule has 1 aromatic rings. The lowest BCUT2D eigenvalue weighted by molar-refractivity contribution is -0.140. The minimum Gasteiger partial charge on any atom is -0.480 e. The molecule has 124 valence electrons. The molecule has 1 unspecified atom stereocenters. The predicted octanol–water partition coefficient (Wildman–Crippen LogP) is 2.75. The van der Waals surface area contributed by atoms with Crippen LogP contribution in [0.25, 0.3) is 0 Å². The second-order valence-corrected chi connectivity index (χ2v) is 6.91. The molecule has 0 amide bonds. The zero-order valence-corrected chi connectivity index (χ0v) is 13.1. The Kier molecular flexibility index (Phi) is 5.47. The van der Waals surface area contributed by atoms with Crippen molar-refractivity contribution in [1.82, 2.24) is 4.72 Å². The van der Waals surface area contributed by atoms with Crippen LogP contribution in [0.1, 0.15) is 19.4 Å². The van der Waals surface area contributed by atoms with E-state index in [1.807, 2.05) is 4.72 Å². The fraction of sp³-hybridized carbons (Fsp3) is 0.417. The Bertz CT molecular complexity index is 673. The SMILES string of the molecule is CC(C)C(NS(=O)(=O)c1cc(C(F)(F)F)ccc1Cl)C(=O)O. The number of nitrogens with one attached hydrogen (secondary N) is 1. The van der Waals surface area contributed by atoms with Crippen LogP contribution in [0.2, 0.25) is 5.02 Å². The van der Waals surface area contributed by atoms with Gasteiger partial charge in [0.25, 0.3) is 0 Å². The average Bonchev–Trinajstić information content (AvgIpc) is 2.34. The molecule has 0 radical (unpaired) electrons. The molecule has 0 spiro atoms. The molecule has 0 fully saturated rings. The summed E-state index contributed by atoms with van der Waals surface area (Å²) in [6.45, 7) is 2.91. The molecule has 0 aliphatic carbocycles. The fourth-order valence-corrected chi connectivity index (χ4v) is 3.45. The molecule has 0 saturated carbocycles. The van der Waals surface area contributed by atoms with E-state index >= 15 is 0 Å². The highest BCUT2D eigenvalue weighted by Crippen LogP contribution is 2.33. The van der Waals surface area contributed by atoms with Crippen molar-refractivity contribution in [3.63, 3.8) is 0 Å². The summed E-state index contributed by atoms with van der Waals surface area (Å²) in [6, 6.07) is 0.308. The Morgan fingerprint density at radius 1 is 1.32 bits per heavy atom. The number of carboxylic acid groups (broad SMARTS) is 1. The first-order valence-corrected chi connectivity index (χ1v) is 7.84. The third-order valence-electron chi connectivity index (χ3n) is 2.76. The van der Waals surface area contributed by atoms with Gasteiger partial charge >= 0.3 is 12.1 Å². The molecular formula is C12H13ClF3NO4S. The second-order valence-electron chi connectivity index (χ2n) is 4.82. The molecule has 5 nitrogen and oxygen atoms in total. The quantitative estimate of drug-likeness (QED) is 0.846. The topological polar surface area (TPSA) is 83.5 Å². The Morgan fingerprint density at radius 2 is 1.86 bits per heavy atom. The molecule has 0 heterocycles. The number of hydrogen-bond donors (Lipinski definition) is 2. The molecule has 2 N–H and O–H groups in total. The summed E-state index contributed by atoms with van der Waals surface area (Å²) in [5.41, 5.74) is -1.20. The van der Waals surface area contributed by atoms with E-state index in [1.165, 1.54) is 13.8 Å². The van der Waals surface area contributed by atoms with Crippen molar-refractivity contribution in [3.8, 4) is 0 Å². The van der Waals surface area contributed by atoms with E-state index in [9.17, 15) is 26.4 Å². The summed E-state index contributed by atoms with van der Waals surface area (Å²) in [4.78, 5) is 10.2. The predicted molar refractivity (Wildman–Crippen MR) is 73.0 cm³/mol. The van der Waals surface area contributed by atoms with Crippen LogP contribution in [0.5, 0.6) is 0 Å². The van der Waals surface area contributed by atoms with Gasteiger partial charge in [0, 0.05) is 0 Å². The van der Waals surface area contributed by atoms with Crippen LogP contribution in [0.15, 0.2) is 23.1 Å². The highest BCUT2D eigenvalue weighted by atomic mass is 35.5. The molecule has 1 aromatic carbocycles. The molecule has 0 saturated heterocycles. The number of rotatable bonds is 5. The summed E-state index contributed by atoms with van der Waals surface area (Å²) in [5.74, 6) is -2.06. The van der Waals surface area contributed by atoms with Gasteiger partial charge in [0.15, 0.2) is 0 Å². The van der Waals surface area contributed by atoms with Crippen LogP contribution in [0.4, 0.5) is 13.2 Å². The normalized spacial score (nSPS) is 14.1. The zero-order valence-electron chi connectivity index (χ0n) is 11.5. The Balaban J connectivity index is 3.31. The molecule has 22 heavy (non-hydrogen) atoms. The van der Waals surface area contributed by atoms with Crippen LogP contribution in [0.3, 0.4) is 0 Å². The highest BCUT2D eigenvalue weighted by Gasteiger charge is 2.34. The number of benzene rings is 1. The molecule has 1 rings (SSSR count). The lowest BCUT2D eigenvalue weighted by atomic mass is 10.1. The highest BCUT2D eigenvalue weighted by molar-refractivity contribution is 7.89. The van der Waals surface area contributed by atoms with Crippen LogP contribution in [-0.4, -0.2) is 25.5 Å². The summed E-state index contributed by atoms with van der Waals surface area (Å²) in [7, 11) is -4.53. The lowest BCUT2D eigenvalue weighted by Crippen LogP contribution is -2.44. The van der Waals surface area contributed by atoms with E-state index in [1.54, 1.807) is 0 Å². The van der Waals surface area contributed by atoms with Crippen LogP contribution in [-0.2, 0) is 21.0 Å². The van der Waals surface area contributed by atoms with Crippen molar-refractivity contribution in [1.29, 1.82) is 0 Å². The number of halogens is 4. The van der Waals surface area contributed by atoms with Crippen molar-refractivity contribution >= 4 is 27.6 Å². The standard InChI is InChI=1S/C12H13ClF3NO4S/c1-6(2)10(11(18)19)17-22(20,21)9-5-7(12(14,15)16)3-4-8(9)13/h3-6,10,17H,1-2H3,(H,18,19). The first kappa shape index (κ1) is 18.7. The molecule has 0 bridgehead atoms. The van der Waals surface area contributed by atoms with Gasteiger partial charge in [0.2, 0.25) is 10.0 Å². The van der Waals surface area contributed by atoms with Gasteiger partial charge in [0.05, 0.1) is 10.6 Å². The Morgan fingerprint density at radius 3 is 2.27 bits per heavy atom. The van der Waals surface area contributed by atoms with E-state index in [0.717, 1.165) is 6.07 Å². The maximum atomic E-state index is 12.7. The van der Waals surface area contributed by atoms with Gasteiger partial charge in [-0.15, -0.1) is 0 Å². The van der Waals surface area contributed by atoms with Crippen molar-refractivity contribution in [3.05, 3.63) is 28.8 Å². The van der Waals surface area contributed by atoms with Crippen LogP contribution in [0, 0.1) is 5.92 Å². The number of carboxylic acids is 1. The minimum absolute atomic E-state index is 0.365. The number of alkyl halides is 3. The van der Waals surface area contributed by atoms with E-state index in [0.29, 0.717) is 12.1 Å². The fourth-order valence-electron chi connectivity index (χ4n) is 1.59. The van der Waals surface area contributed by atoms with Gasteiger partial charge in [0.1, 0.15) is 10.9 Å². The van der Waals surface area contributed by atoms with Crippen molar-refractivity contribution in [2.24, 2.45) is 5.92 Å². The van der Waals surface area contributed by atoms with E-state index in [4.69, 9.17) is 16.7 Å². The number of sulfonamides is 1. The monoisotopic (exact) mass is 359 g/mol. The summed E-state index contributed by atoms with van der Waals surface area (Å²) < 4.78 is 64.1. The second kappa shape index (κ2) is 6.43. The Labute approximate surface area is 130 Å². The number of hydrogen-bond acceptors (Lipinski definition) is 3. The van der Waals surface area contributed by atoms with Gasteiger partial charge in [-0.3, -0.25) is 4.79 Å². The van der Waals surface area contributed by atoms with E-state index in [-0.39, 0.29) is 0 Å². The van der Waals surface area contributed by atoms with Crippen molar-refractivity contribution < 1.29 is 31.5 Å². The first-order valence-electron chi connectivity index (χ1n) is 5.98. The van der Waals surface area contributed by atoms with Gasteiger partial charge in [-0.2, -0.15) is 17.9 Å². The molecule has 0 aliphatic heterocycles. The smallest absolute Gasteiger partial charge is 0.416 e. The van der Waals surface area contributed by atoms with E-state index in [2.05, 4.69) is 0 Å². The molecule has 1 atom stereocenters. The van der Waals surface area contributed by atoms with E-state index < -0.39 is 49.6 Å². The molecule has 10 heteroatoms. The first-order chi connectivity index (χ1) is 9.86. The maximum Gasteiger partial charge on any atom is 0.416 e. The number of aliphatic carboxylic acids is 1. The van der Waals surface area contributed by atoms with Crippen molar-refractivity contribution in [2.45, 2.75) is 31.0 Å². The third kappa shape index (κ3) is 4.34. The van der Waals surface area contributed by atoms with Crippen LogP contribution < -0.4 is 4.72 Å². The largest absolute Gasteiger partial charge is 0.480 e. The molecule has 0 aliphatic rings. The Hall–Kier alpha value is -1.32.